The molecule has 0 aromatic carbocycles. The fourth-order valence-electron chi connectivity index (χ4n) is 0.904. The van der Waals surface area contributed by atoms with Crippen molar-refractivity contribution in [1.82, 2.24) is 4.98 Å². The van der Waals surface area contributed by atoms with E-state index in [4.69, 9.17) is 10.00 Å². The molecule has 68 valence electrons. The van der Waals surface area contributed by atoms with Gasteiger partial charge in [0.2, 0.25) is 5.88 Å². The number of hydrogen-bond acceptors (Lipinski definition) is 3. The third kappa shape index (κ3) is 2.75. The summed E-state index contributed by atoms with van der Waals surface area (Å²) in [5, 5.41) is 8.70. The molecule has 1 aromatic heterocycles. The molecule has 0 N–H and O–H groups in total. The van der Waals surface area contributed by atoms with Crippen LogP contribution < -0.4 is 4.74 Å². The standard InChI is InChI=1S/C10H12N2O/c1-2-3-7-13-10-9(8-11)5-4-6-12-10/h4-6H,2-3,7H2,1H3. The molecule has 0 saturated carbocycles. The van der Waals surface area contributed by atoms with Gasteiger partial charge in [0.05, 0.1) is 6.61 Å². The largest absolute Gasteiger partial charge is 0.477 e. The van der Waals surface area contributed by atoms with Crippen molar-refractivity contribution in [3.63, 3.8) is 0 Å². The molecule has 0 spiro atoms. The normalized spacial score (nSPS) is 9.23. The zero-order valence-corrected chi connectivity index (χ0v) is 7.66. The van der Waals surface area contributed by atoms with Gasteiger partial charge in [-0.1, -0.05) is 13.3 Å². The van der Waals surface area contributed by atoms with Crippen LogP contribution in [-0.2, 0) is 0 Å². The highest BCUT2D eigenvalue weighted by Gasteiger charge is 2.01. The van der Waals surface area contributed by atoms with Crippen LogP contribution in [-0.4, -0.2) is 11.6 Å². The second kappa shape index (κ2) is 5.15. The number of unbranched alkanes of at least 4 members (excludes halogenated alkanes) is 1. The Morgan fingerprint density at radius 2 is 2.46 bits per heavy atom. The maximum atomic E-state index is 8.70. The lowest BCUT2D eigenvalue weighted by atomic mass is 10.3. The molecule has 0 aliphatic carbocycles. The van der Waals surface area contributed by atoms with Crippen molar-refractivity contribution in [2.45, 2.75) is 19.8 Å². The van der Waals surface area contributed by atoms with Gasteiger partial charge >= 0.3 is 0 Å². The fourth-order valence-corrected chi connectivity index (χ4v) is 0.904. The van der Waals surface area contributed by atoms with Gasteiger partial charge in [-0.05, 0) is 18.6 Å². The Labute approximate surface area is 78.0 Å². The van der Waals surface area contributed by atoms with E-state index in [1.807, 2.05) is 6.07 Å². The summed E-state index contributed by atoms with van der Waals surface area (Å²) in [5.74, 6) is 0.443. The summed E-state index contributed by atoms with van der Waals surface area (Å²) in [6.45, 7) is 2.72. The van der Waals surface area contributed by atoms with Crippen LogP contribution in [0.25, 0.3) is 0 Å². The number of rotatable bonds is 4. The number of ether oxygens (including phenoxy) is 1. The smallest absolute Gasteiger partial charge is 0.231 e. The molecular weight excluding hydrogens is 164 g/mol. The number of aromatic nitrogens is 1. The molecular formula is C10H12N2O. The first-order valence-electron chi connectivity index (χ1n) is 4.36. The van der Waals surface area contributed by atoms with Gasteiger partial charge in [0.1, 0.15) is 11.6 Å². The van der Waals surface area contributed by atoms with Crippen LogP contribution in [0.15, 0.2) is 18.3 Å². The van der Waals surface area contributed by atoms with Crippen molar-refractivity contribution in [2.24, 2.45) is 0 Å². The van der Waals surface area contributed by atoms with Gasteiger partial charge in [-0.2, -0.15) is 5.26 Å². The first kappa shape index (κ1) is 9.53. The fraction of sp³-hybridized carbons (Fsp3) is 0.400. The summed E-state index contributed by atoms with van der Waals surface area (Å²) >= 11 is 0. The second-order valence-electron chi connectivity index (χ2n) is 2.67. The quantitative estimate of drug-likeness (QED) is 0.660. The van der Waals surface area contributed by atoms with Gasteiger partial charge in [-0.15, -0.1) is 0 Å². The van der Waals surface area contributed by atoms with Gasteiger partial charge in [0.25, 0.3) is 0 Å². The number of nitriles is 1. The van der Waals surface area contributed by atoms with Gasteiger partial charge in [0, 0.05) is 6.20 Å². The van der Waals surface area contributed by atoms with Crippen LogP contribution in [0.4, 0.5) is 0 Å². The van der Waals surface area contributed by atoms with E-state index in [9.17, 15) is 0 Å². The first-order valence-corrected chi connectivity index (χ1v) is 4.36. The zero-order chi connectivity index (χ0) is 9.52. The highest BCUT2D eigenvalue weighted by atomic mass is 16.5. The van der Waals surface area contributed by atoms with Gasteiger partial charge in [0.15, 0.2) is 0 Å². The molecule has 3 heteroatoms. The Kier molecular flexibility index (Phi) is 3.77. The van der Waals surface area contributed by atoms with E-state index in [-0.39, 0.29) is 0 Å². The SMILES string of the molecule is CCCCOc1ncccc1C#N. The summed E-state index contributed by atoms with van der Waals surface area (Å²) < 4.78 is 5.33. The minimum Gasteiger partial charge on any atom is -0.477 e. The van der Waals surface area contributed by atoms with Crippen LogP contribution >= 0.6 is 0 Å². The molecule has 0 radical (unpaired) electrons. The van der Waals surface area contributed by atoms with E-state index in [1.54, 1.807) is 18.3 Å². The van der Waals surface area contributed by atoms with E-state index in [0.717, 1.165) is 12.8 Å². The first-order chi connectivity index (χ1) is 6.38. The van der Waals surface area contributed by atoms with Crippen LogP contribution in [0.2, 0.25) is 0 Å². The Morgan fingerprint density at radius 3 is 3.15 bits per heavy atom. The molecule has 0 fully saturated rings. The van der Waals surface area contributed by atoms with E-state index >= 15 is 0 Å². The molecule has 13 heavy (non-hydrogen) atoms. The lowest BCUT2D eigenvalue weighted by molar-refractivity contribution is 0.297. The van der Waals surface area contributed by atoms with E-state index in [2.05, 4.69) is 11.9 Å². The minimum absolute atomic E-state index is 0.443. The molecule has 0 amide bonds. The Hall–Kier alpha value is -1.56. The summed E-state index contributed by atoms with van der Waals surface area (Å²) in [5.41, 5.74) is 0.499. The Bertz CT molecular complexity index is 304. The topological polar surface area (TPSA) is 45.9 Å². The van der Waals surface area contributed by atoms with Crippen LogP contribution in [0.5, 0.6) is 5.88 Å². The molecule has 0 aliphatic rings. The van der Waals surface area contributed by atoms with Gasteiger partial charge < -0.3 is 4.74 Å². The predicted octanol–water partition coefficient (Wildman–Crippen LogP) is 2.13. The maximum absolute atomic E-state index is 8.70. The Morgan fingerprint density at radius 1 is 1.62 bits per heavy atom. The monoisotopic (exact) mass is 176 g/mol. The Balaban J connectivity index is 2.60. The van der Waals surface area contributed by atoms with Crippen LogP contribution in [0.1, 0.15) is 25.3 Å². The van der Waals surface area contributed by atoms with Crippen molar-refractivity contribution in [3.05, 3.63) is 23.9 Å². The number of hydrogen-bond donors (Lipinski definition) is 0. The minimum atomic E-state index is 0.443. The summed E-state index contributed by atoms with van der Waals surface area (Å²) in [4.78, 5) is 3.98. The average molecular weight is 176 g/mol. The van der Waals surface area contributed by atoms with Crippen molar-refractivity contribution in [2.75, 3.05) is 6.61 Å². The highest BCUT2D eigenvalue weighted by molar-refractivity contribution is 5.36. The molecule has 0 saturated heterocycles. The lowest BCUT2D eigenvalue weighted by Crippen LogP contribution is -2.00. The number of nitrogens with zero attached hydrogens (tertiary/aromatic N) is 2. The molecule has 1 rings (SSSR count). The van der Waals surface area contributed by atoms with Gasteiger partial charge in [-0.25, -0.2) is 4.98 Å². The van der Waals surface area contributed by atoms with Crippen LogP contribution in [0, 0.1) is 11.3 Å². The molecule has 0 aliphatic heterocycles. The lowest BCUT2D eigenvalue weighted by Gasteiger charge is -2.04. The van der Waals surface area contributed by atoms with Gasteiger partial charge in [-0.3, -0.25) is 0 Å². The zero-order valence-electron chi connectivity index (χ0n) is 7.66. The third-order valence-electron chi connectivity index (χ3n) is 1.63. The van der Waals surface area contributed by atoms with Crippen molar-refractivity contribution >= 4 is 0 Å². The van der Waals surface area contributed by atoms with Crippen molar-refractivity contribution < 1.29 is 4.74 Å². The predicted molar refractivity (Wildman–Crippen MR) is 49.4 cm³/mol. The van der Waals surface area contributed by atoms with E-state index < -0.39 is 0 Å². The molecule has 0 bridgehead atoms. The van der Waals surface area contributed by atoms with Crippen molar-refractivity contribution in [1.29, 1.82) is 5.26 Å². The highest BCUT2D eigenvalue weighted by Crippen LogP contribution is 2.12. The molecule has 0 unspecified atom stereocenters. The van der Waals surface area contributed by atoms with E-state index in [0.29, 0.717) is 18.1 Å². The van der Waals surface area contributed by atoms with E-state index in [1.165, 1.54) is 0 Å². The average Bonchev–Trinajstić information content (AvgIpc) is 2.19. The summed E-state index contributed by atoms with van der Waals surface area (Å²) in [7, 11) is 0. The molecule has 3 nitrogen and oxygen atoms in total. The van der Waals surface area contributed by atoms with Crippen molar-refractivity contribution in [3.8, 4) is 11.9 Å². The maximum Gasteiger partial charge on any atom is 0.231 e. The summed E-state index contributed by atoms with van der Waals surface area (Å²) in [6, 6.07) is 5.47. The summed E-state index contributed by atoms with van der Waals surface area (Å²) in [6.07, 6.45) is 3.69. The molecule has 1 heterocycles. The number of pyridine rings is 1. The second-order valence-corrected chi connectivity index (χ2v) is 2.67. The molecule has 0 atom stereocenters. The molecule has 1 aromatic rings. The van der Waals surface area contributed by atoms with Crippen LogP contribution in [0.3, 0.4) is 0 Å². The third-order valence-corrected chi connectivity index (χ3v) is 1.63.